The Bertz CT molecular complexity index is 752. The summed E-state index contributed by atoms with van der Waals surface area (Å²) in [6, 6.07) is 3.05. The lowest BCUT2D eigenvalue weighted by Crippen LogP contribution is -2.49. The molecule has 1 saturated heterocycles. The van der Waals surface area contributed by atoms with Gasteiger partial charge in [-0.3, -0.25) is 9.69 Å². The molecular weight excluding hydrogens is 398 g/mol. The van der Waals surface area contributed by atoms with Crippen molar-refractivity contribution < 1.29 is 22.4 Å². The predicted octanol–water partition coefficient (Wildman–Crippen LogP) is 3.81. The topological polar surface area (TPSA) is 44.4 Å². The summed E-state index contributed by atoms with van der Waals surface area (Å²) in [7, 11) is 1.80. The average molecular weight is 430 g/mol. The Morgan fingerprint density at radius 3 is 2.57 bits per heavy atom. The van der Waals surface area contributed by atoms with Crippen LogP contribution in [0.1, 0.15) is 44.2 Å². The van der Waals surface area contributed by atoms with Crippen LogP contribution in [-0.4, -0.2) is 43.0 Å². The van der Waals surface area contributed by atoms with Crippen LogP contribution in [0.5, 0.6) is 0 Å². The normalized spacial score (nSPS) is 25.5. The van der Waals surface area contributed by atoms with Crippen LogP contribution in [0.2, 0.25) is 0 Å². The highest BCUT2D eigenvalue weighted by Crippen LogP contribution is 2.39. The number of halogens is 4. The minimum Gasteiger partial charge on any atom is -0.352 e. The number of benzene rings is 1. The zero-order valence-corrected chi connectivity index (χ0v) is 17.7. The van der Waals surface area contributed by atoms with Gasteiger partial charge in [-0.1, -0.05) is 19.9 Å². The van der Waals surface area contributed by atoms with E-state index in [1.54, 1.807) is 7.05 Å². The van der Waals surface area contributed by atoms with E-state index in [0.717, 1.165) is 44.5 Å². The third kappa shape index (κ3) is 5.32. The van der Waals surface area contributed by atoms with Gasteiger partial charge in [0.2, 0.25) is 5.91 Å². The lowest BCUT2D eigenvalue weighted by Gasteiger charge is -2.25. The summed E-state index contributed by atoms with van der Waals surface area (Å²) in [6.45, 7) is 6.16. The molecule has 2 fully saturated rings. The summed E-state index contributed by atoms with van der Waals surface area (Å²) in [4.78, 5) is 14.8. The number of hydrogen-bond donors (Lipinski definition) is 2. The molecule has 1 heterocycles. The quantitative estimate of drug-likeness (QED) is 0.648. The van der Waals surface area contributed by atoms with E-state index >= 15 is 0 Å². The van der Waals surface area contributed by atoms with Crippen molar-refractivity contribution in [1.82, 2.24) is 15.5 Å². The monoisotopic (exact) mass is 429 g/mol. The molecule has 8 heteroatoms. The summed E-state index contributed by atoms with van der Waals surface area (Å²) in [5.74, 6) is -0.0129. The number of fused-ring (bicyclic) bond motifs is 1. The fourth-order valence-corrected chi connectivity index (χ4v) is 4.92. The number of likely N-dealkylation sites (N-methyl/N-ethyl adjacent to an activating group) is 1. The van der Waals surface area contributed by atoms with Crippen molar-refractivity contribution in [3.63, 3.8) is 0 Å². The van der Waals surface area contributed by atoms with Gasteiger partial charge in [-0.05, 0) is 61.8 Å². The maximum atomic E-state index is 13.9. The molecule has 4 atom stereocenters. The molecule has 0 spiro atoms. The van der Waals surface area contributed by atoms with Gasteiger partial charge in [0.05, 0.1) is 11.6 Å². The second-order valence-corrected chi connectivity index (χ2v) is 9.09. The van der Waals surface area contributed by atoms with E-state index in [9.17, 15) is 22.4 Å². The highest BCUT2D eigenvalue weighted by atomic mass is 19.4. The third-order valence-electron chi connectivity index (χ3n) is 6.38. The maximum absolute atomic E-state index is 13.9. The van der Waals surface area contributed by atoms with Gasteiger partial charge in [-0.2, -0.15) is 13.2 Å². The molecule has 1 aromatic carbocycles. The molecule has 4 nitrogen and oxygen atoms in total. The summed E-state index contributed by atoms with van der Waals surface area (Å²) in [5.41, 5.74) is -0.693. The molecule has 168 valence electrons. The van der Waals surface area contributed by atoms with Crippen LogP contribution in [0.25, 0.3) is 0 Å². The summed E-state index contributed by atoms with van der Waals surface area (Å²) in [5, 5.41) is 6.30. The molecule has 0 bridgehead atoms. The van der Waals surface area contributed by atoms with Crippen molar-refractivity contribution in [3.05, 3.63) is 35.1 Å². The van der Waals surface area contributed by atoms with Crippen LogP contribution in [-0.2, 0) is 17.5 Å². The van der Waals surface area contributed by atoms with Gasteiger partial charge in [-0.25, -0.2) is 4.39 Å². The van der Waals surface area contributed by atoms with E-state index in [1.165, 1.54) is 6.07 Å². The molecule has 2 unspecified atom stereocenters. The van der Waals surface area contributed by atoms with Gasteiger partial charge in [0, 0.05) is 25.7 Å². The molecule has 0 aromatic heterocycles. The molecule has 0 radical (unpaired) electrons. The second-order valence-electron chi connectivity index (χ2n) is 9.09. The van der Waals surface area contributed by atoms with Gasteiger partial charge in [-0.15, -0.1) is 0 Å². The molecular formula is C22H31F4N3O. The van der Waals surface area contributed by atoms with Crippen molar-refractivity contribution >= 4 is 5.91 Å². The molecule has 1 aliphatic carbocycles. The Hall–Kier alpha value is -1.67. The first-order chi connectivity index (χ1) is 14.1. The van der Waals surface area contributed by atoms with Crippen LogP contribution in [0.3, 0.4) is 0 Å². The predicted molar refractivity (Wildman–Crippen MR) is 107 cm³/mol. The van der Waals surface area contributed by atoms with Crippen molar-refractivity contribution in [2.24, 2.45) is 17.8 Å². The smallest absolute Gasteiger partial charge is 0.352 e. The first-order valence-electron chi connectivity index (χ1n) is 10.6. The van der Waals surface area contributed by atoms with E-state index < -0.39 is 17.6 Å². The number of carbonyl (C=O) groups excluding carboxylic acids is 1. The Kier molecular flexibility index (Phi) is 7.07. The van der Waals surface area contributed by atoms with Crippen LogP contribution in [0.4, 0.5) is 17.6 Å². The van der Waals surface area contributed by atoms with Crippen LogP contribution >= 0.6 is 0 Å². The largest absolute Gasteiger partial charge is 0.419 e. The average Bonchev–Trinajstić information content (AvgIpc) is 3.19. The number of carbonyl (C=O) groups is 1. The van der Waals surface area contributed by atoms with E-state index in [2.05, 4.69) is 29.4 Å². The molecule has 30 heavy (non-hydrogen) atoms. The summed E-state index contributed by atoms with van der Waals surface area (Å²) < 4.78 is 52.1. The van der Waals surface area contributed by atoms with Crippen molar-refractivity contribution in [2.45, 2.75) is 57.9 Å². The lowest BCUT2D eigenvalue weighted by atomic mass is 9.97. The second kappa shape index (κ2) is 9.22. The molecule has 2 aliphatic rings. The van der Waals surface area contributed by atoms with E-state index in [4.69, 9.17) is 0 Å². The van der Waals surface area contributed by atoms with Crippen LogP contribution < -0.4 is 10.6 Å². The first kappa shape index (κ1) is 23.0. The van der Waals surface area contributed by atoms with E-state index in [-0.39, 0.29) is 18.0 Å². The molecule has 1 aliphatic heterocycles. The minimum atomic E-state index is -4.68. The fourth-order valence-electron chi connectivity index (χ4n) is 4.92. The highest BCUT2D eigenvalue weighted by molar-refractivity contribution is 5.82. The highest BCUT2D eigenvalue weighted by Gasteiger charge is 2.43. The van der Waals surface area contributed by atoms with Gasteiger partial charge in [0.25, 0.3) is 0 Å². The number of nitrogens with one attached hydrogen (secondary N) is 2. The van der Waals surface area contributed by atoms with Gasteiger partial charge in [0.1, 0.15) is 5.82 Å². The number of nitrogens with zero attached hydrogens (tertiary/aromatic N) is 1. The Morgan fingerprint density at radius 2 is 1.97 bits per heavy atom. The Balaban J connectivity index is 1.58. The zero-order chi connectivity index (χ0) is 22.1. The van der Waals surface area contributed by atoms with Gasteiger partial charge >= 0.3 is 6.18 Å². The van der Waals surface area contributed by atoms with Crippen molar-refractivity contribution in [1.29, 1.82) is 0 Å². The van der Waals surface area contributed by atoms with E-state index in [0.29, 0.717) is 29.9 Å². The summed E-state index contributed by atoms with van der Waals surface area (Å²) >= 11 is 0. The SMILES string of the molecule is CN[C@@H](CC(C)C)C(=O)NC1CC[C@H]2CN(Cc3ccc(C(F)(F)F)c(F)c3)CC12. The minimum absolute atomic E-state index is 0.0279. The standard InChI is InChI=1S/C22H31F4N3O/c1-13(2)8-20(27-3)21(30)28-19-7-5-15-11-29(12-16(15)19)10-14-4-6-17(18(23)9-14)22(24,25)26/h4,6,9,13,15-16,19-20,27H,5,7-8,10-12H2,1-3H3,(H,28,30)/t15-,16?,19?,20-/m0/s1. The van der Waals surface area contributed by atoms with Crippen LogP contribution in [0.15, 0.2) is 18.2 Å². The van der Waals surface area contributed by atoms with E-state index in [1.807, 2.05) is 0 Å². The van der Waals surface area contributed by atoms with Gasteiger partial charge < -0.3 is 10.6 Å². The number of alkyl halides is 3. The lowest BCUT2D eigenvalue weighted by molar-refractivity contribution is -0.140. The van der Waals surface area contributed by atoms with Crippen molar-refractivity contribution in [3.8, 4) is 0 Å². The number of rotatable bonds is 7. The van der Waals surface area contributed by atoms with Crippen LogP contribution in [0, 0.1) is 23.6 Å². The first-order valence-corrected chi connectivity index (χ1v) is 10.6. The molecule has 3 rings (SSSR count). The number of amides is 1. The molecule has 1 amide bonds. The number of likely N-dealkylation sites (tertiary alicyclic amines) is 1. The third-order valence-corrected chi connectivity index (χ3v) is 6.38. The molecule has 1 saturated carbocycles. The Labute approximate surface area is 175 Å². The number of hydrogen-bond acceptors (Lipinski definition) is 3. The fraction of sp³-hybridized carbons (Fsp3) is 0.682. The van der Waals surface area contributed by atoms with Crippen molar-refractivity contribution in [2.75, 3.05) is 20.1 Å². The summed E-state index contributed by atoms with van der Waals surface area (Å²) in [6.07, 6.45) is -1.95. The Morgan fingerprint density at radius 1 is 1.23 bits per heavy atom. The molecule has 1 aromatic rings. The maximum Gasteiger partial charge on any atom is 0.419 e. The molecule has 2 N–H and O–H groups in total. The van der Waals surface area contributed by atoms with Gasteiger partial charge in [0.15, 0.2) is 0 Å². The zero-order valence-electron chi connectivity index (χ0n) is 17.7.